The Hall–Kier alpha value is -2.63. The Morgan fingerprint density at radius 1 is 1.00 bits per heavy atom. The average Bonchev–Trinajstić information content (AvgIpc) is 2.61. The van der Waals surface area contributed by atoms with Gasteiger partial charge >= 0.3 is 6.03 Å². The Bertz CT molecular complexity index is 721. The molecule has 0 aromatic heterocycles. The number of carbonyl (C=O) groups excluding carboxylic acids is 1. The molecule has 2 aromatic carbocycles. The standard InChI is InChI=1S/C19H21F2N3O/c1-14-5-7-15(8-6-14)13-22-19(25)24-11-9-23(10-12-24)18-16(20)3-2-4-17(18)21/h2-8H,9-13H2,1H3,(H,22,25). The smallest absolute Gasteiger partial charge is 0.317 e. The van der Waals surface area contributed by atoms with Crippen molar-refractivity contribution in [3.63, 3.8) is 0 Å². The summed E-state index contributed by atoms with van der Waals surface area (Å²) in [4.78, 5) is 15.6. The number of hydrogen-bond acceptors (Lipinski definition) is 2. The first-order valence-electron chi connectivity index (χ1n) is 8.32. The third-order valence-corrected chi connectivity index (χ3v) is 4.38. The van der Waals surface area contributed by atoms with E-state index in [0.29, 0.717) is 32.7 Å². The van der Waals surface area contributed by atoms with E-state index in [-0.39, 0.29) is 11.7 Å². The van der Waals surface area contributed by atoms with Gasteiger partial charge in [-0.05, 0) is 24.6 Å². The SMILES string of the molecule is Cc1ccc(CNC(=O)N2CCN(c3c(F)cccc3F)CC2)cc1. The number of nitrogens with one attached hydrogen (secondary N) is 1. The van der Waals surface area contributed by atoms with E-state index < -0.39 is 11.6 Å². The van der Waals surface area contributed by atoms with Gasteiger partial charge in [-0.3, -0.25) is 0 Å². The van der Waals surface area contributed by atoms with E-state index in [1.807, 2.05) is 31.2 Å². The van der Waals surface area contributed by atoms with Crippen LogP contribution in [0.3, 0.4) is 0 Å². The van der Waals surface area contributed by atoms with E-state index in [2.05, 4.69) is 5.32 Å². The lowest BCUT2D eigenvalue weighted by Crippen LogP contribution is -2.52. The van der Waals surface area contributed by atoms with E-state index in [0.717, 1.165) is 5.56 Å². The van der Waals surface area contributed by atoms with Gasteiger partial charge in [0.2, 0.25) is 0 Å². The first-order chi connectivity index (χ1) is 12.0. The molecule has 3 rings (SSSR count). The molecule has 6 heteroatoms. The zero-order chi connectivity index (χ0) is 17.8. The minimum atomic E-state index is -0.572. The summed E-state index contributed by atoms with van der Waals surface area (Å²) >= 11 is 0. The Balaban J connectivity index is 1.53. The third-order valence-electron chi connectivity index (χ3n) is 4.38. The molecule has 0 spiro atoms. The fourth-order valence-electron chi connectivity index (χ4n) is 2.92. The second-order valence-corrected chi connectivity index (χ2v) is 6.19. The van der Waals surface area contributed by atoms with Crippen LogP contribution in [0.4, 0.5) is 19.3 Å². The van der Waals surface area contributed by atoms with Gasteiger partial charge in [-0.1, -0.05) is 35.9 Å². The second kappa shape index (κ2) is 7.51. The molecular weight excluding hydrogens is 324 g/mol. The summed E-state index contributed by atoms with van der Waals surface area (Å²) in [6, 6.07) is 11.7. The van der Waals surface area contributed by atoms with Gasteiger partial charge in [0.25, 0.3) is 0 Å². The quantitative estimate of drug-likeness (QED) is 0.926. The summed E-state index contributed by atoms with van der Waals surface area (Å²) in [5.41, 5.74) is 2.19. The van der Waals surface area contributed by atoms with Crippen molar-refractivity contribution < 1.29 is 13.6 Å². The van der Waals surface area contributed by atoms with Crippen molar-refractivity contribution >= 4 is 11.7 Å². The molecule has 0 saturated carbocycles. The van der Waals surface area contributed by atoms with Crippen molar-refractivity contribution in [3.05, 3.63) is 65.2 Å². The van der Waals surface area contributed by atoms with Crippen LogP contribution in [0.15, 0.2) is 42.5 Å². The molecule has 4 nitrogen and oxygen atoms in total. The minimum Gasteiger partial charge on any atom is -0.363 e. The number of benzene rings is 2. The normalized spacial score (nSPS) is 14.5. The predicted octanol–water partition coefficient (Wildman–Crippen LogP) is 3.31. The van der Waals surface area contributed by atoms with Crippen LogP contribution in [0, 0.1) is 18.6 Å². The van der Waals surface area contributed by atoms with Crippen LogP contribution in [0.1, 0.15) is 11.1 Å². The number of para-hydroxylation sites is 1. The van der Waals surface area contributed by atoms with Crippen molar-refractivity contribution in [1.82, 2.24) is 10.2 Å². The minimum absolute atomic E-state index is 0.0118. The molecule has 1 heterocycles. The van der Waals surface area contributed by atoms with E-state index in [9.17, 15) is 13.6 Å². The number of piperazine rings is 1. The molecule has 25 heavy (non-hydrogen) atoms. The number of amides is 2. The maximum absolute atomic E-state index is 13.9. The van der Waals surface area contributed by atoms with Crippen molar-refractivity contribution in [2.75, 3.05) is 31.1 Å². The summed E-state index contributed by atoms with van der Waals surface area (Å²) in [5.74, 6) is -1.14. The zero-order valence-corrected chi connectivity index (χ0v) is 14.1. The number of anilines is 1. The molecule has 0 radical (unpaired) electrons. The summed E-state index contributed by atoms with van der Waals surface area (Å²) in [7, 11) is 0. The highest BCUT2D eigenvalue weighted by Crippen LogP contribution is 2.24. The van der Waals surface area contributed by atoms with Crippen LogP contribution in [0.2, 0.25) is 0 Å². The average molecular weight is 345 g/mol. The number of urea groups is 1. The monoisotopic (exact) mass is 345 g/mol. The van der Waals surface area contributed by atoms with Crippen molar-refractivity contribution in [2.24, 2.45) is 0 Å². The van der Waals surface area contributed by atoms with Gasteiger partial charge < -0.3 is 15.1 Å². The fraction of sp³-hybridized carbons (Fsp3) is 0.316. The molecule has 0 atom stereocenters. The van der Waals surface area contributed by atoms with Crippen LogP contribution in [0.5, 0.6) is 0 Å². The Labute approximate surface area is 146 Å². The molecule has 0 aliphatic carbocycles. The molecule has 1 N–H and O–H groups in total. The number of carbonyl (C=O) groups is 1. The molecule has 1 fully saturated rings. The summed E-state index contributed by atoms with van der Waals surface area (Å²) < 4.78 is 27.7. The number of aryl methyl sites for hydroxylation is 1. The van der Waals surface area contributed by atoms with E-state index in [1.54, 1.807) is 9.80 Å². The van der Waals surface area contributed by atoms with Gasteiger partial charge in [-0.15, -0.1) is 0 Å². The third kappa shape index (κ3) is 4.07. The Kier molecular flexibility index (Phi) is 5.16. The van der Waals surface area contributed by atoms with Crippen LogP contribution in [0.25, 0.3) is 0 Å². The highest BCUT2D eigenvalue weighted by Gasteiger charge is 2.24. The van der Waals surface area contributed by atoms with Crippen molar-refractivity contribution in [3.8, 4) is 0 Å². The van der Waals surface area contributed by atoms with Crippen LogP contribution >= 0.6 is 0 Å². The summed E-state index contributed by atoms with van der Waals surface area (Å²) in [6.07, 6.45) is 0. The van der Waals surface area contributed by atoms with E-state index >= 15 is 0 Å². The topological polar surface area (TPSA) is 35.6 Å². The Morgan fingerprint density at radius 3 is 2.20 bits per heavy atom. The van der Waals surface area contributed by atoms with E-state index in [4.69, 9.17) is 0 Å². The van der Waals surface area contributed by atoms with Gasteiger partial charge in [0, 0.05) is 32.7 Å². The predicted molar refractivity (Wildman–Crippen MR) is 93.6 cm³/mol. The molecule has 0 bridgehead atoms. The number of halogens is 2. The number of rotatable bonds is 3. The fourth-order valence-corrected chi connectivity index (χ4v) is 2.92. The molecule has 2 amide bonds. The first kappa shape index (κ1) is 17.2. The lowest BCUT2D eigenvalue weighted by molar-refractivity contribution is 0.193. The van der Waals surface area contributed by atoms with Crippen LogP contribution < -0.4 is 10.2 Å². The zero-order valence-electron chi connectivity index (χ0n) is 14.1. The number of hydrogen-bond donors (Lipinski definition) is 1. The molecular formula is C19H21F2N3O. The van der Waals surface area contributed by atoms with Crippen LogP contribution in [-0.2, 0) is 6.54 Å². The maximum Gasteiger partial charge on any atom is 0.317 e. The number of nitrogens with zero attached hydrogens (tertiary/aromatic N) is 2. The van der Waals surface area contributed by atoms with Crippen molar-refractivity contribution in [2.45, 2.75) is 13.5 Å². The van der Waals surface area contributed by atoms with Gasteiger partial charge in [-0.2, -0.15) is 0 Å². The molecule has 0 unspecified atom stereocenters. The molecule has 1 aliphatic heterocycles. The lowest BCUT2D eigenvalue weighted by atomic mass is 10.1. The summed E-state index contributed by atoms with van der Waals surface area (Å²) in [6.45, 7) is 4.12. The largest absolute Gasteiger partial charge is 0.363 e. The van der Waals surface area contributed by atoms with Gasteiger partial charge in [-0.25, -0.2) is 13.6 Å². The highest BCUT2D eigenvalue weighted by molar-refractivity contribution is 5.74. The first-order valence-corrected chi connectivity index (χ1v) is 8.32. The summed E-state index contributed by atoms with van der Waals surface area (Å²) in [5, 5.41) is 2.89. The van der Waals surface area contributed by atoms with E-state index in [1.165, 1.54) is 23.8 Å². The lowest BCUT2D eigenvalue weighted by Gasteiger charge is -2.36. The van der Waals surface area contributed by atoms with Gasteiger partial charge in [0.05, 0.1) is 0 Å². The van der Waals surface area contributed by atoms with Crippen molar-refractivity contribution in [1.29, 1.82) is 0 Å². The second-order valence-electron chi connectivity index (χ2n) is 6.19. The maximum atomic E-state index is 13.9. The Morgan fingerprint density at radius 2 is 1.60 bits per heavy atom. The van der Waals surface area contributed by atoms with Gasteiger partial charge in [0.15, 0.2) is 0 Å². The molecule has 132 valence electrons. The highest BCUT2D eigenvalue weighted by atomic mass is 19.1. The molecule has 2 aromatic rings. The molecule has 1 aliphatic rings. The molecule has 1 saturated heterocycles. The van der Waals surface area contributed by atoms with Crippen LogP contribution in [-0.4, -0.2) is 37.1 Å². The van der Waals surface area contributed by atoms with Gasteiger partial charge in [0.1, 0.15) is 17.3 Å².